The summed E-state index contributed by atoms with van der Waals surface area (Å²) in [6.45, 7) is 2.99. The lowest BCUT2D eigenvalue weighted by Gasteiger charge is -2.14. The lowest BCUT2D eigenvalue weighted by Crippen LogP contribution is -2.30. The number of aromatic amines is 1. The second-order valence-corrected chi connectivity index (χ2v) is 4.86. The van der Waals surface area contributed by atoms with Gasteiger partial charge >= 0.3 is 5.97 Å². The van der Waals surface area contributed by atoms with Crippen molar-refractivity contribution in [2.45, 2.75) is 25.9 Å². The van der Waals surface area contributed by atoms with Gasteiger partial charge in [0.15, 0.2) is 17.2 Å². The predicted molar refractivity (Wildman–Crippen MR) is 77.9 cm³/mol. The molecule has 10 nitrogen and oxygen atoms in total. The van der Waals surface area contributed by atoms with Gasteiger partial charge in [-0.2, -0.15) is 0 Å². The van der Waals surface area contributed by atoms with Crippen LogP contribution in [0, 0.1) is 0 Å². The van der Waals surface area contributed by atoms with Gasteiger partial charge in [0.25, 0.3) is 5.91 Å². The highest BCUT2D eigenvalue weighted by Gasteiger charge is 2.23. The summed E-state index contributed by atoms with van der Waals surface area (Å²) in [5.41, 5.74) is -0.425. The van der Waals surface area contributed by atoms with Crippen molar-refractivity contribution in [3.8, 4) is 0 Å². The van der Waals surface area contributed by atoms with E-state index in [1.54, 1.807) is 20.4 Å². The fourth-order valence-electron chi connectivity index (χ4n) is 2.11. The van der Waals surface area contributed by atoms with Gasteiger partial charge in [0.1, 0.15) is 6.33 Å². The van der Waals surface area contributed by atoms with Gasteiger partial charge in [-0.1, -0.05) is 0 Å². The number of hydrogen-bond acceptors (Lipinski definition) is 6. The van der Waals surface area contributed by atoms with Crippen LogP contribution in [0.4, 0.5) is 0 Å². The molecule has 2 rings (SSSR count). The fraction of sp³-hybridized carbons (Fsp3) is 0.462. The van der Waals surface area contributed by atoms with Gasteiger partial charge in [0, 0.05) is 20.3 Å². The van der Waals surface area contributed by atoms with Gasteiger partial charge in [0.05, 0.1) is 12.4 Å². The first-order chi connectivity index (χ1) is 11.0. The first kappa shape index (κ1) is 16.6. The van der Waals surface area contributed by atoms with Crippen molar-refractivity contribution < 1.29 is 19.4 Å². The number of nitrogens with zero attached hydrogens (tertiary/aromatic N) is 4. The number of nitrogens with one attached hydrogen (secondary N) is 2. The van der Waals surface area contributed by atoms with E-state index in [4.69, 9.17) is 9.84 Å². The van der Waals surface area contributed by atoms with E-state index < -0.39 is 17.9 Å². The van der Waals surface area contributed by atoms with Gasteiger partial charge in [0.2, 0.25) is 0 Å². The molecule has 0 radical (unpaired) electrons. The number of amides is 1. The Morgan fingerprint density at radius 2 is 2.30 bits per heavy atom. The Hall–Kier alpha value is -2.75. The zero-order valence-electron chi connectivity index (χ0n) is 12.8. The highest BCUT2D eigenvalue weighted by atomic mass is 16.5. The number of carbonyl (C=O) groups is 2. The molecule has 2 aromatic heterocycles. The number of hydrogen-bond donors (Lipinski definition) is 3. The first-order valence-corrected chi connectivity index (χ1v) is 6.98. The minimum atomic E-state index is -1.25. The molecule has 3 N–H and O–H groups in total. The highest BCUT2D eigenvalue weighted by molar-refractivity contribution is 6.02. The van der Waals surface area contributed by atoms with Crippen LogP contribution in [0.2, 0.25) is 0 Å². The van der Waals surface area contributed by atoms with E-state index >= 15 is 0 Å². The van der Waals surface area contributed by atoms with Crippen molar-refractivity contribution in [1.29, 1.82) is 0 Å². The average molecular weight is 322 g/mol. The zero-order valence-corrected chi connectivity index (χ0v) is 12.8. The molecule has 0 aliphatic rings. The minimum Gasteiger partial charge on any atom is -0.477 e. The number of aromatic carboxylic acids is 1. The molecule has 1 atom stereocenters. The van der Waals surface area contributed by atoms with Crippen molar-refractivity contribution in [3.63, 3.8) is 0 Å². The molecule has 0 spiro atoms. The van der Waals surface area contributed by atoms with Gasteiger partial charge in [-0.15, -0.1) is 10.2 Å². The monoisotopic (exact) mass is 322 g/mol. The standard InChI is InChI=1S/C13H18N6O4/c1-8(11-18-16-7-19(11)4-3-5-23-2)17-12(20)9-10(13(21)22)15-6-14-9/h6-8H,3-5H2,1-2H3,(H,14,15)(H,17,20)(H,21,22). The molecule has 0 aliphatic heterocycles. The Morgan fingerprint density at radius 1 is 1.52 bits per heavy atom. The summed E-state index contributed by atoms with van der Waals surface area (Å²) >= 11 is 0. The Balaban J connectivity index is 2.05. The highest BCUT2D eigenvalue weighted by Crippen LogP contribution is 2.11. The van der Waals surface area contributed by atoms with Crippen LogP contribution >= 0.6 is 0 Å². The van der Waals surface area contributed by atoms with Crippen LogP contribution in [0.3, 0.4) is 0 Å². The third kappa shape index (κ3) is 3.92. The average Bonchev–Trinajstić information content (AvgIpc) is 3.16. The van der Waals surface area contributed by atoms with Crippen LogP contribution < -0.4 is 5.32 Å². The van der Waals surface area contributed by atoms with Gasteiger partial charge in [-0.25, -0.2) is 9.78 Å². The van der Waals surface area contributed by atoms with Crippen molar-refractivity contribution in [1.82, 2.24) is 30.0 Å². The fourth-order valence-corrected chi connectivity index (χ4v) is 2.11. The maximum Gasteiger partial charge on any atom is 0.354 e. The number of H-pyrrole nitrogens is 1. The van der Waals surface area contributed by atoms with E-state index in [0.29, 0.717) is 19.0 Å². The SMILES string of the molecule is COCCCn1cnnc1C(C)NC(=O)c1nc[nH]c1C(=O)O. The summed E-state index contributed by atoms with van der Waals surface area (Å²) in [6.07, 6.45) is 3.52. The van der Waals surface area contributed by atoms with Crippen LogP contribution in [0.15, 0.2) is 12.7 Å². The largest absolute Gasteiger partial charge is 0.477 e. The summed E-state index contributed by atoms with van der Waals surface area (Å²) in [7, 11) is 1.62. The maximum absolute atomic E-state index is 12.2. The van der Waals surface area contributed by atoms with Crippen LogP contribution in [0.5, 0.6) is 0 Å². The van der Waals surface area contributed by atoms with Crippen molar-refractivity contribution in [2.24, 2.45) is 0 Å². The molecule has 0 saturated heterocycles. The third-order valence-electron chi connectivity index (χ3n) is 3.20. The molecule has 1 amide bonds. The van der Waals surface area contributed by atoms with Gasteiger partial charge < -0.3 is 24.7 Å². The maximum atomic E-state index is 12.2. The quantitative estimate of drug-likeness (QED) is 0.592. The summed E-state index contributed by atoms with van der Waals surface area (Å²) in [5, 5.41) is 19.5. The molecule has 2 aromatic rings. The van der Waals surface area contributed by atoms with Crippen molar-refractivity contribution in [3.05, 3.63) is 29.9 Å². The number of aromatic nitrogens is 5. The number of carboxylic acids is 1. The molecule has 2 heterocycles. The van der Waals surface area contributed by atoms with Crippen LogP contribution in [-0.2, 0) is 11.3 Å². The Bertz CT molecular complexity index is 680. The van der Waals surface area contributed by atoms with Crippen molar-refractivity contribution >= 4 is 11.9 Å². The molecule has 124 valence electrons. The molecule has 0 aliphatic carbocycles. The topological polar surface area (TPSA) is 135 Å². The van der Waals surface area contributed by atoms with E-state index in [9.17, 15) is 9.59 Å². The van der Waals surface area contributed by atoms with Gasteiger partial charge in [-0.3, -0.25) is 4.79 Å². The van der Waals surface area contributed by atoms with Crippen LogP contribution in [-0.4, -0.2) is 55.4 Å². The normalized spacial score (nSPS) is 12.1. The summed E-state index contributed by atoms with van der Waals surface area (Å²) < 4.78 is 6.81. The number of ether oxygens (including phenoxy) is 1. The number of carbonyl (C=O) groups excluding carboxylic acids is 1. The zero-order chi connectivity index (χ0) is 16.8. The number of imidazole rings is 1. The lowest BCUT2D eigenvalue weighted by atomic mass is 10.2. The molecule has 10 heteroatoms. The molecule has 0 aromatic carbocycles. The summed E-state index contributed by atoms with van der Waals surface area (Å²) in [5.74, 6) is -1.27. The molecule has 0 saturated carbocycles. The molecular weight excluding hydrogens is 304 g/mol. The third-order valence-corrected chi connectivity index (χ3v) is 3.20. The number of methoxy groups -OCH3 is 1. The van der Waals surface area contributed by atoms with E-state index in [1.165, 1.54) is 0 Å². The number of aryl methyl sites for hydroxylation is 1. The van der Waals surface area contributed by atoms with Crippen LogP contribution in [0.25, 0.3) is 0 Å². The van der Waals surface area contributed by atoms with E-state index in [0.717, 1.165) is 12.7 Å². The van der Waals surface area contributed by atoms with E-state index in [-0.39, 0.29) is 11.4 Å². The Morgan fingerprint density at radius 3 is 3.00 bits per heavy atom. The molecule has 0 bridgehead atoms. The number of rotatable bonds is 8. The predicted octanol–water partition coefficient (Wildman–Crippen LogP) is 0.227. The second-order valence-electron chi connectivity index (χ2n) is 4.86. The molecule has 0 fully saturated rings. The Labute approximate surface area is 131 Å². The smallest absolute Gasteiger partial charge is 0.354 e. The molecule has 1 unspecified atom stereocenters. The summed E-state index contributed by atoms with van der Waals surface area (Å²) in [6, 6.07) is -0.453. The van der Waals surface area contributed by atoms with E-state index in [2.05, 4.69) is 25.5 Å². The molecular formula is C13H18N6O4. The first-order valence-electron chi connectivity index (χ1n) is 6.98. The molecule has 23 heavy (non-hydrogen) atoms. The second kappa shape index (κ2) is 7.49. The minimum absolute atomic E-state index is 0.171. The van der Waals surface area contributed by atoms with Gasteiger partial charge in [-0.05, 0) is 13.3 Å². The number of carboxylic acid groups (broad SMARTS) is 1. The van der Waals surface area contributed by atoms with Crippen molar-refractivity contribution in [2.75, 3.05) is 13.7 Å². The van der Waals surface area contributed by atoms with E-state index in [1.807, 2.05) is 4.57 Å². The summed E-state index contributed by atoms with van der Waals surface area (Å²) in [4.78, 5) is 29.4. The lowest BCUT2D eigenvalue weighted by molar-refractivity contribution is 0.0684. The Kier molecular flexibility index (Phi) is 5.41. The van der Waals surface area contributed by atoms with Crippen LogP contribution in [0.1, 0.15) is 46.2 Å².